The highest BCUT2D eigenvalue weighted by Crippen LogP contribution is 2.22. The number of halogens is 2. The van der Waals surface area contributed by atoms with E-state index in [2.05, 4.69) is 5.10 Å². The number of aryl methyl sites for hydroxylation is 2. The first kappa shape index (κ1) is 15.0. The minimum atomic E-state index is -0.398. The minimum Gasteiger partial charge on any atom is -0.327 e. The smallest absolute Gasteiger partial charge is 0.142 e. The van der Waals surface area contributed by atoms with Crippen LogP contribution in [-0.2, 0) is 19.9 Å². The first-order chi connectivity index (χ1) is 9.40. The average Bonchev–Trinajstić information content (AvgIpc) is 2.62. The van der Waals surface area contributed by atoms with Crippen LogP contribution in [-0.4, -0.2) is 15.8 Å². The van der Waals surface area contributed by atoms with E-state index in [9.17, 15) is 4.39 Å². The number of rotatable bonds is 4. The van der Waals surface area contributed by atoms with E-state index < -0.39 is 5.82 Å². The average molecular weight is 296 g/mol. The van der Waals surface area contributed by atoms with E-state index in [0.29, 0.717) is 12.8 Å². The highest BCUT2D eigenvalue weighted by Gasteiger charge is 2.15. The molecule has 0 bridgehead atoms. The molecule has 0 fully saturated rings. The Hall–Kier alpha value is -1.39. The van der Waals surface area contributed by atoms with Crippen LogP contribution in [0.5, 0.6) is 0 Å². The van der Waals surface area contributed by atoms with Gasteiger partial charge in [-0.05, 0) is 43.9 Å². The number of benzene rings is 1. The van der Waals surface area contributed by atoms with Gasteiger partial charge in [-0.2, -0.15) is 5.10 Å². The van der Waals surface area contributed by atoms with Crippen molar-refractivity contribution < 1.29 is 4.39 Å². The molecular weight excluding hydrogens is 277 g/mol. The Bertz CT molecular complexity index is 622. The van der Waals surface area contributed by atoms with E-state index in [1.807, 2.05) is 31.6 Å². The van der Waals surface area contributed by atoms with Gasteiger partial charge in [0.05, 0.1) is 10.7 Å². The SMILES string of the molecule is Cc1nn(C)c(C)c1CC(N)Cc1cccc(F)c1Cl. The summed E-state index contributed by atoms with van der Waals surface area (Å²) in [6, 6.07) is 4.71. The first-order valence-corrected chi connectivity index (χ1v) is 6.95. The quantitative estimate of drug-likeness (QED) is 0.942. The van der Waals surface area contributed by atoms with Crippen molar-refractivity contribution in [1.82, 2.24) is 9.78 Å². The van der Waals surface area contributed by atoms with Gasteiger partial charge in [-0.15, -0.1) is 0 Å². The summed E-state index contributed by atoms with van der Waals surface area (Å²) in [6.07, 6.45) is 1.25. The molecule has 0 amide bonds. The van der Waals surface area contributed by atoms with Crippen molar-refractivity contribution in [1.29, 1.82) is 0 Å². The van der Waals surface area contributed by atoms with Crippen molar-refractivity contribution in [3.05, 3.63) is 51.6 Å². The molecule has 0 aliphatic heterocycles. The van der Waals surface area contributed by atoms with Gasteiger partial charge < -0.3 is 5.73 Å². The maximum Gasteiger partial charge on any atom is 0.142 e. The van der Waals surface area contributed by atoms with Crippen LogP contribution in [0.2, 0.25) is 5.02 Å². The second-order valence-corrected chi connectivity index (χ2v) is 5.53. The predicted molar refractivity (Wildman–Crippen MR) is 79.5 cm³/mol. The fraction of sp³-hybridized carbons (Fsp3) is 0.400. The molecule has 0 radical (unpaired) electrons. The lowest BCUT2D eigenvalue weighted by molar-refractivity contribution is 0.618. The van der Waals surface area contributed by atoms with Gasteiger partial charge in [-0.3, -0.25) is 4.68 Å². The Balaban J connectivity index is 2.13. The van der Waals surface area contributed by atoms with Gasteiger partial charge in [0.1, 0.15) is 5.82 Å². The van der Waals surface area contributed by atoms with Gasteiger partial charge in [0, 0.05) is 18.8 Å². The molecule has 1 aromatic heterocycles. The molecule has 1 unspecified atom stereocenters. The van der Waals surface area contributed by atoms with Crippen LogP contribution in [0.3, 0.4) is 0 Å². The minimum absolute atomic E-state index is 0.115. The maximum absolute atomic E-state index is 13.4. The van der Waals surface area contributed by atoms with E-state index in [4.69, 9.17) is 17.3 Å². The molecule has 2 rings (SSSR count). The van der Waals surface area contributed by atoms with Crippen molar-refractivity contribution in [2.24, 2.45) is 12.8 Å². The van der Waals surface area contributed by atoms with E-state index >= 15 is 0 Å². The Morgan fingerprint density at radius 2 is 2.05 bits per heavy atom. The fourth-order valence-electron chi connectivity index (χ4n) is 2.44. The molecule has 1 heterocycles. The molecule has 1 aromatic carbocycles. The van der Waals surface area contributed by atoms with E-state index in [1.54, 1.807) is 6.07 Å². The van der Waals surface area contributed by atoms with Gasteiger partial charge in [0.2, 0.25) is 0 Å². The van der Waals surface area contributed by atoms with Crippen molar-refractivity contribution in [3.63, 3.8) is 0 Å². The van der Waals surface area contributed by atoms with Crippen molar-refractivity contribution in [2.45, 2.75) is 32.7 Å². The zero-order valence-electron chi connectivity index (χ0n) is 12.0. The summed E-state index contributed by atoms with van der Waals surface area (Å²) in [5.41, 5.74) is 10.2. The monoisotopic (exact) mass is 295 g/mol. The zero-order valence-corrected chi connectivity index (χ0v) is 12.7. The number of aromatic nitrogens is 2. The molecule has 0 saturated carbocycles. The molecule has 2 aromatic rings. The van der Waals surface area contributed by atoms with Crippen LogP contribution in [0.15, 0.2) is 18.2 Å². The lowest BCUT2D eigenvalue weighted by atomic mass is 9.98. The van der Waals surface area contributed by atoms with Crippen LogP contribution in [0.4, 0.5) is 4.39 Å². The van der Waals surface area contributed by atoms with Gasteiger partial charge in [-0.25, -0.2) is 4.39 Å². The molecule has 3 nitrogen and oxygen atoms in total. The molecule has 0 aliphatic carbocycles. The standard InChI is InChI=1S/C15H19ClFN3/c1-9-13(10(2)20(3)19-9)8-12(18)7-11-5-4-6-14(17)15(11)16/h4-6,12H,7-8,18H2,1-3H3. The third-order valence-electron chi connectivity index (χ3n) is 3.64. The molecule has 108 valence electrons. The molecular formula is C15H19ClFN3. The van der Waals surface area contributed by atoms with Gasteiger partial charge in [0.25, 0.3) is 0 Å². The second kappa shape index (κ2) is 5.94. The molecule has 1 atom stereocenters. The second-order valence-electron chi connectivity index (χ2n) is 5.15. The summed E-state index contributed by atoms with van der Waals surface area (Å²) >= 11 is 5.96. The van der Waals surface area contributed by atoms with Crippen molar-refractivity contribution in [2.75, 3.05) is 0 Å². The lowest BCUT2D eigenvalue weighted by Crippen LogP contribution is -2.26. The van der Waals surface area contributed by atoms with Crippen LogP contribution in [0.1, 0.15) is 22.5 Å². The Kier molecular flexibility index (Phi) is 4.45. The molecule has 0 aliphatic rings. The summed E-state index contributed by atoms with van der Waals surface area (Å²) in [5, 5.41) is 4.55. The molecule has 2 N–H and O–H groups in total. The lowest BCUT2D eigenvalue weighted by Gasteiger charge is -2.13. The molecule has 20 heavy (non-hydrogen) atoms. The van der Waals surface area contributed by atoms with E-state index in [-0.39, 0.29) is 11.1 Å². The number of nitrogens with two attached hydrogens (primary N) is 1. The fourth-order valence-corrected chi connectivity index (χ4v) is 2.64. The third kappa shape index (κ3) is 3.02. The van der Waals surface area contributed by atoms with Crippen LogP contribution < -0.4 is 5.73 Å². The summed E-state index contributed by atoms with van der Waals surface area (Å²) in [6.45, 7) is 4.00. The third-order valence-corrected chi connectivity index (χ3v) is 4.06. The summed E-state index contributed by atoms with van der Waals surface area (Å²) in [4.78, 5) is 0. The topological polar surface area (TPSA) is 43.8 Å². The number of hydrogen-bond donors (Lipinski definition) is 1. The summed E-state index contributed by atoms with van der Waals surface area (Å²) in [5.74, 6) is -0.398. The Morgan fingerprint density at radius 3 is 2.65 bits per heavy atom. The summed E-state index contributed by atoms with van der Waals surface area (Å²) < 4.78 is 15.3. The molecule has 5 heteroatoms. The van der Waals surface area contributed by atoms with Crippen LogP contribution in [0, 0.1) is 19.7 Å². The Labute approximate surface area is 123 Å². The Morgan fingerprint density at radius 1 is 1.35 bits per heavy atom. The predicted octanol–water partition coefficient (Wildman–Crippen LogP) is 2.94. The first-order valence-electron chi connectivity index (χ1n) is 6.57. The summed E-state index contributed by atoms with van der Waals surface area (Å²) in [7, 11) is 1.92. The van der Waals surface area contributed by atoms with E-state index in [1.165, 1.54) is 6.07 Å². The molecule has 0 spiro atoms. The maximum atomic E-state index is 13.4. The highest BCUT2D eigenvalue weighted by atomic mass is 35.5. The van der Waals surface area contributed by atoms with Crippen molar-refractivity contribution >= 4 is 11.6 Å². The largest absolute Gasteiger partial charge is 0.327 e. The van der Waals surface area contributed by atoms with Crippen LogP contribution >= 0.6 is 11.6 Å². The van der Waals surface area contributed by atoms with Crippen LogP contribution in [0.25, 0.3) is 0 Å². The normalized spacial score (nSPS) is 12.7. The van der Waals surface area contributed by atoms with E-state index in [0.717, 1.165) is 22.5 Å². The van der Waals surface area contributed by atoms with Gasteiger partial charge in [-0.1, -0.05) is 23.7 Å². The number of nitrogens with zero attached hydrogens (tertiary/aromatic N) is 2. The zero-order chi connectivity index (χ0) is 14.9. The van der Waals surface area contributed by atoms with Crippen molar-refractivity contribution in [3.8, 4) is 0 Å². The molecule has 0 saturated heterocycles. The van der Waals surface area contributed by atoms with Gasteiger partial charge in [0.15, 0.2) is 0 Å². The van der Waals surface area contributed by atoms with Gasteiger partial charge >= 0.3 is 0 Å². The number of hydrogen-bond acceptors (Lipinski definition) is 2. The highest BCUT2D eigenvalue weighted by molar-refractivity contribution is 6.31.